The second-order valence-corrected chi connectivity index (χ2v) is 4.15. The van der Waals surface area contributed by atoms with Gasteiger partial charge in [0.1, 0.15) is 11.6 Å². The Balaban J connectivity index is 2.82. The fourth-order valence-electron chi connectivity index (χ4n) is 1.67. The van der Waals surface area contributed by atoms with Crippen molar-refractivity contribution in [2.75, 3.05) is 13.7 Å². The first-order valence-electron chi connectivity index (χ1n) is 5.81. The number of hydrogen-bond donors (Lipinski definition) is 2. The van der Waals surface area contributed by atoms with Crippen LogP contribution in [0.3, 0.4) is 0 Å². The number of benzene rings is 1. The number of aliphatic hydroxyl groups excluding tert-OH is 1. The summed E-state index contributed by atoms with van der Waals surface area (Å²) in [4.78, 5) is 1.84. The minimum Gasteiger partial charge on any atom is -0.497 e. The zero-order valence-corrected chi connectivity index (χ0v) is 11.0. The number of amidine groups is 1. The van der Waals surface area contributed by atoms with Crippen molar-refractivity contribution in [1.82, 2.24) is 4.90 Å². The first kappa shape index (κ1) is 14.3. The number of ether oxygens (including phenoxy) is 1. The molecule has 5 nitrogen and oxygen atoms in total. The van der Waals surface area contributed by atoms with Crippen molar-refractivity contribution in [1.29, 1.82) is 0 Å². The summed E-state index contributed by atoms with van der Waals surface area (Å²) in [6.07, 6.45) is 0. The molecule has 1 aromatic carbocycles. The van der Waals surface area contributed by atoms with Gasteiger partial charge in [-0.15, -0.1) is 0 Å². The topological polar surface area (TPSA) is 65.3 Å². The van der Waals surface area contributed by atoms with E-state index in [2.05, 4.69) is 5.16 Å². The van der Waals surface area contributed by atoms with Gasteiger partial charge >= 0.3 is 0 Å². The van der Waals surface area contributed by atoms with Gasteiger partial charge in [-0.25, -0.2) is 0 Å². The van der Waals surface area contributed by atoms with Crippen LogP contribution in [0.25, 0.3) is 0 Å². The predicted molar refractivity (Wildman–Crippen MR) is 70.0 cm³/mol. The van der Waals surface area contributed by atoms with Crippen molar-refractivity contribution in [3.8, 4) is 5.75 Å². The highest BCUT2D eigenvalue weighted by atomic mass is 16.5. The zero-order valence-electron chi connectivity index (χ0n) is 11.0. The maximum Gasteiger partial charge on any atom is 0.141 e. The molecule has 0 amide bonds. The van der Waals surface area contributed by atoms with E-state index in [4.69, 9.17) is 9.94 Å². The van der Waals surface area contributed by atoms with Gasteiger partial charge in [-0.05, 0) is 31.5 Å². The Bertz CT molecular complexity index is 390. The van der Waals surface area contributed by atoms with Gasteiger partial charge in [-0.1, -0.05) is 17.3 Å². The SMILES string of the molecule is COc1ccc(CN(C(C)=NO)C(C)CO)cc1. The summed E-state index contributed by atoms with van der Waals surface area (Å²) < 4.78 is 5.09. The van der Waals surface area contributed by atoms with Gasteiger partial charge in [-0.3, -0.25) is 0 Å². The summed E-state index contributed by atoms with van der Waals surface area (Å²) in [7, 11) is 1.62. The molecule has 0 aliphatic heterocycles. The number of hydrogen-bond acceptors (Lipinski definition) is 4. The van der Waals surface area contributed by atoms with Crippen molar-refractivity contribution in [3.63, 3.8) is 0 Å². The van der Waals surface area contributed by atoms with Gasteiger partial charge in [0.15, 0.2) is 0 Å². The van der Waals surface area contributed by atoms with E-state index in [1.165, 1.54) is 0 Å². The van der Waals surface area contributed by atoms with E-state index in [1.54, 1.807) is 14.0 Å². The van der Waals surface area contributed by atoms with Crippen LogP contribution in [0.1, 0.15) is 19.4 Å². The molecule has 0 saturated carbocycles. The monoisotopic (exact) mass is 252 g/mol. The Morgan fingerprint density at radius 3 is 2.44 bits per heavy atom. The number of methoxy groups -OCH3 is 1. The molecule has 5 heteroatoms. The second kappa shape index (κ2) is 6.86. The predicted octanol–water partition coefficient (Wildman–Crippen LogP) is 1.69. The fourth-order valence-corrected chi connectivity index (χ4v) is 1.67. The standard InChI is InChI=1S/C13H20N2O3/c1-10(9-16)15(11(2)14-17)8-12-4-6-13(18-3)7-5-12/h4-7,10,16-17H,8-9H2,1-3H3. The molecule has 0 heterocycles. The highest BCUT2D eigenvalue weighted by Gasteiger charge is 2.15. The molecule has 1 atom stereocenters. The van der Waals surface area contributed by atoms with Crippen LogP contribution in [0.5, 0.6) is 5.75 Å². The van der Waals surface area contributed by atoms with Crippen LogP contribution in [0, 0.1) is 0 Å². The van der Waals surface area contributed by atoms with Gasteiger partial charge in [0.25, 0.3) is 0 Å². The molecule has 2 N–H and O–H groups in total. The van der Waals surface area contributed by atoms with Crippen molar-refractivity contribution in [2.45, 2.75) is 26.4 Å². The fraction of sp³-hybridized carbons (Fsp3) is 0.462. The lowest BCUT2D eigenvalue weighted by Gasteiger charge is -2.28. The van der Waals surface area contributed by atoms with Crippen molar-refractivity contribution < 1.29 is 15.1 Å². The molecular weight excluding hydrogens is 232 g/mol. The Morgan fingerprint density at radius 2 is 2.00 bits per heavy atom. The van der Waals surface area contributed by atoms with Crippen molar-refractivity contribution in [2.24, 2.45) is 5.16 Å². The van der Waals surface area contributed by atoms with E-state index in [0.29, 0.717) is 12.4 Å². The summed E-state index contributed by atoms with van der Waals surface area (Å²) in [6.45, 7) is 4.15. The average molecular weight is 252 g/mol. The lowest BCUT2D eigenvalue weighted by atomic mass is 10.1. The van der Waals surface area contributed by atoms with Gasteiger partial charge in [0.2, 0.25) is 0 Å². The molecule has 1 rings (SSSR count). The third-order valence-corrected chi connectivity index (χ3v) is 2.87. The highest BCUT2D eigenvalue weighted by Crippen LogP contribution is 2.14. The Morgan fingerprint density at radius 1 is 1.39 bits per heavy atom. The second-order valence-electron chi connectivity index (χ2n) is 4.15. The van der Waals surface area contributed by atoms with E-state index in [0.717, 1.165) is 11.3 Å². The van der Waals surface area contributed by atoms with Crippen LogP contribution in [0.2, 0.25) is 0 Å². The van der Waals surface area contributed by atoms with Crippen LogP contribution in [-0.4, -0.2) is 40.8 Å². The lowest BCUT2D eigenvalue weighted by Crippen LogP contribution is -2.38. The molecule has 0 aromatic heterocycles. The minimum absolute atomic E-state index is 0.00299. The molecule has 0 fully saturated rings. The average Bonchev–Trinajstić information content (AvgIpc) is 2.43. The molecule has 18 heavy (non-hydrogen) atoms. The van der Waals surface area contributed by atoms with E-state index in [1.807, 2.05) is 36.1 Å². The molecule has 1 aromatic rings. The van der Waals surface area contributed by atoms with Crippen molar-refractivity contribution >= 4 is 5.84 Å². The largest absolute Gasteiger partial charge is 0.497 e. The molecule has 0 saturated heterocycles. The Hall–Kier alpha value is -1.75. The van der Waals surface area contributed by atoms with Crippen LogP contribution in [0.4, 0.5) is 0 Å². The van der Waals surface area contributed by atoms with Gasteiger partial charge in [0, 0.05) is 6.54 Å². The molecular formula is C13H20N2O3. The van der Waals surface area contributed by atoms with E-state index < -0.39 is 0 Å². The summed E-state index contributed by atoms with van der Waals surface area (Å²) in [5, 5.41) is 21.3. The minimum atomic E-state index is -0.108. The summed E-state index contributed by atoms with van der Waals surface area (Å²) in [5.74, 6) is 1.28. The van der Waals surface area contributed by atoms with E-state index in [-0.39, 0.29) is 12.6 Å². The first-order chi connectivity index (χ1) is 8.62. The number of rotatable bonds is 5. The van der Waals surface area contributed by atoms with E-state index >= 15 is 0 Å². The maximum atomic E-state index is 9.21. The first-order valence-corrected chi connectivity index (χ1v) is 5.81. The number of aliphatic hydroxyl groups is 1. The van der Waals surface area contributed by atoms with E-state index in [9.17, 15) is 5.11 Å². The Kier molecular flexibility index (Phi) is 5.45. The third kappa shape index (κ3) is 3.63. The Labute approximate surface area is 107 Å². The lowest BCUT2D eigenvalue weighted by molar-refractivity contribution is 0.181. The molecule has 0 radical (unpaired) electrons. The van der Waals surface area contributed by atoms with Gasteiger partial charge < -0.3 is 20.0 Å². The number of nitrogens with zero attached hydrogens (tertiary/aromatic N) is 2. The normalized spacial score (nSPS) is 13.2. The van der Waals surface area contributed by atoms with Gasteiger partial charge in [0.05, 0.1) is 19.8 Å². The smallest absolute Gasteiger partial charge is 0.141 e. The zero-order chi connectivity index (χ0) is 13.5. The number of oxime groups is 1. The van der Waals surface area contributed by atoms with Crippen molar-refractivity contribution in [3.05, 3.63) is 29.8 Å². The molecule has 0 aliphatic rings. The quantitative estimate of drug-likeness (QED) is 0.362. The summed E-state index contributed by atoms with van der Waals surface area (Å²) in [5.41, 5.74) is 1.05. The molecule has 0 aliphatic carbocycles. The molecule has 0 spiro atoms. The molecule has 1 unspecified atom stereocenters. The molecule has 100 valence electrons. The van der Waals surface area contributed by atoms with Crippen LogP contribution < -0.4 is 4.74 Å². The summed E-state index contributed by atoms with van der Waals surface area (Å²) in [6, 6.07) is 7.54. The third-order valence-electron chi connectivity index (χ3n) is 2.87. The maximum absolute atomic E-state index is 9.21. The summed E-state index contributed by atoms with van der Waals surface area (Å²) >= 11 is 0. The van der Waals surface area contributed by atoms with Crippen LogP contribution in [-0.2, 0) is 6.54 Å². The van der Waals surface area contributed by atoms with Crippen LogP contribution >= 0.6 is 0 Å². The van der Waals surface area contributed by atoms with Crippen LogP contribution in [0.15, 0.2) is 29.4 Å². The highest BCUT2D eigenvalue weighted by molar-refractivity contribution is 5.79. The molecule has 0 bridgehead atoms. The van der Waals surface area contributed by atoms with Gasteiger partial charge in [-0.2, -0.15) is 0 Å².